The van der Waals surface area contributed by atoms with E-state index < -0.39 is 11.7 Å². The molecule has 0 bridgehead atoms. The van der Waals surface area contributed by atoms with E-state index in [1.807, 2.05) is 32.0 Å². The second-order valence-electron chi connectivity index (χ2n) is 6.38. The van der Waals surface area contributed by atoms with E-state index in [0.717, 1.165) is 20.4 Å². The van der Waals surface area contributed by atoms with Gasteiger partial charge in [-0.2, -0.15) is 0 Å². The van der Waals surface area contributed by atoms with Gasteiger partial charge in [-0.15, -0.1) is 0 Å². The number of carbonyl (C=O) groups is 2. The summed E-state index contributed by atoms with van der Waals surface area (Å²) in [4.78, 5) is 25.0. The number of carbonyl (C=O) groups excluding carboxylic acids is 2. The average Bonchev–Trinajstić information content (AvgIpc) is 2.66. The number of aryl methyl sites for hydroxylation is 2. The predicted molar refractivity (Wildman–Crippen MR) is 117 cm³/mol. The lowest BCUT2D eigenvalue weighted by Crippen LogP contribution is -2.16. The van der Waals surface area contributed by atoms with Gasteiger partial charge in [-0.3, -0.25) is 9.59 Å². The van der Waals surface area contributed by atoms with Crippen molar-refractivity contribution in [3.63, 3.8) is 0 Å². The van der Waals surface area contributed by atoms with Gasteiger partial charge in [0.05, 0.1) is 5.56 Å². The van der Waals surface area contributed by atoms with Crippen molar-refractivity contribution >= 4 is 45.8 Å². The van der Waals surface area contributed by atoms with E-state index in [1.54, 1.807) is 24.3 Å². The topological polar surface area (TPSA) is 58.2 Å². The molecule has 0 fully saturated rings. The monoisotopic (exact) mass is 488 g/mol. The summed E-state index contributed by atoms with van der Waals surface area (Å²) in [5, 5.41) is 5.56. The summed E-state index contributed by atoms with van der Waals surface area (Å²) in [7, 11) is 0. The van der Waals surface area contributed by atoms with Crippen molar-refractivity contribution in [2.24, 2.45) is 0 Å². The number of rotatable bonds is 4. The smallest absolute Gasteiger partial charge is 0.258 e. The van der Waals surface area contributed by atoms with Crippen LogP contribution in [0.3, 0.4) is 0 Å². The maximum absolute atomic E-state index is 13.8. The first kappa shape index (κ1) is 20.0. The zero-order valence-corrected chi connectivity index (χ0v) is 17.5. The van der Waals surface area contributed by atoms with Crippen LogP contribution in [0.5, 0.6) is 0 Å². The molecular weight excluding hydrogens is 470 g/mol. The average molecular weight is 488 g/mol. The van der Waals surface area contributed by atoms with E-state index >= 15 is 0 Å². The number of nitrogens with one attached hydrogen (secondary N) is 2. The Balaban J connectivity index is 1.82. The number of halogens is 2. The van der Waals surface area contributed by atoms with Crippen LogP contribution in [0, 0.1) is 23.2 Å². The molecule has 0 aliphatic heterocycles. The van der Waals surface area contributed by atoms with E-state index in [-0.39, 0.29) is 11.5 Å². The molecule has 28 heavy (non-hydrogen) atoms. The highest BCUT2D eigenvalue weighted by molar-refractivity contribution is 14.1. The summed E-state index contributed by atoms with van der Waals surface area (Å²) in [6, 6.07) is 16.5. The molecule has 0 aliphatic carbocycles. The largest absolute Gasteiger partial charge is 0.322 e. The van der Waals surface area contributed by atoms with Gasteiger partial charge in [0.25, 0.3) is 11.8 Å². The zero-order valence-electron chi connectivity index (χ0n) is 15.3. The van der Waals surface area contributed by atoms with Gasteiger partial charge in [-0.25, -0.2) is 4.39 Å². The number of hydrogen-bond donors (Lipinski definition) is 2. The van der Waals surface area contributed by atoms with E-state index in [9.17, 15) is 14.0 Å². The highest BCUT2D eigenvalue weighted by Gasteiger charge is 2.14. The van der Waals surface area contributed by atoms with Crippen LogP contribution in [0.15, 0.2) is 60.7 Å². The first-order valence-electron chi connectivity index (χ1n) is 8.59. The second kappa shape index (κ2) is 8.52. The lowest BCUT2D eigenvalue weighted by molar-refractivity contribution is 0.101. The minimum atomic E-state index is -0.597. The minimum absolute atomic E-state index is 0.0498. The summed E-state index contributed by atoms with van der Waals surface area (Å²) in [6.45, 7) is 3.73. The Morgan fingerprint density at radius 1 is 0.821 bits per heavy atom. The van der Waals surface area contributed by atoms with Crippen molar-refractivity contribution in [3.8, 4) is 0 Å². The van der Waals surface area contributed by atoms with Crippen LogP contribution >= 0.6 is 22.6 Å². The van der Waals surface area contributed by atoms with Crippen molar-refractivity contribution < 1.29 is 14.0 Å². The highest BCUT2D eigenvalue weighted by Crippen LogP contribution is 2.22. The van der Waals surface area contributed by atoms with Crippen LogP contribution in [0.4, 0.5) is 15.8 Å². The van der Waals surface area contributed by atoms with E-state index in [1.165, 1.54) is 18.2 Å². The molecule has 142 valence electrons. The molecule has 0 aliphatic rings. The van der Waals surface area contributed by atoms with Crippen LogP contribution in [0.2, 0.25) is 0 Å². The Morgan fingerprint density at radius 2 is 1.54 bits per heavy atom. The molecule has 0 heterocycles. The molecule has 0 aromatic heterocycles. The molecule has 0 radical (unpaired) electrons. The third-order valence-corrected chi connectivity index (χ3v) is 4.97. The second-order valence-corrected chi connectivity index (χ2v) is 7.62. The third kappa shape index (κ3) is 4.56. The van der Waals surface area contributed by atoms with Gasteiger partial charge in [0.2, 0.25) is 0 Å². The molecule has 3 aromatic carbocycles. The molecule has 3 rings (SSSR count). The predicted octanol–water partition coefficient (Wildman–Crippen LogP) is 5.55. The number of benzene rings is 3. The van der Waals surface area contributed by atoms with Crippen LogP contribution in [-0.2, 0) is 0 Å². The molecule has 0 spiro atoms. The molecule has 3 aromatic rings. The van der Waals surface area contributed by atoms with Gasteiger partial charge in [0, 0.05) is 20.5 Å². The number of hydrogen-bond acceptors (Lipinski definition) is 2. The summed E-state index contributed by atoms with van der Waals surface area (Å²) in [5.41, 5.74) is 3.26. The van der Waals surface area contributed by atoms with Crippen molar-refractivity contribution in [1.29, 1.82) is 0 Å². The Bertz CT molecular complexity index is 1070. The Morgan fingerprint density at radius 3 is 2.25 bits per heavy atom. The molecule has 0 saturated heterocycles. The van der Waals surface area contributed by atoms with Gasteiger partial charge in [0.1, 0.15) is 5.82 Å². The lowest BCUT2D eigenvalue weighted by atomic mass is 10.1. The normalized spacial score (nSPS) is 10.4. The van der Waals surface area contributed by atoms with Gasteiger partial charge in [-0.1, -0.05) is 18.2 Å². The standard InChI is InChI=1S/C22H18FIN2O2/c1-13-7-8-15(21(27)25-19-10-9-16(24)11-14(19)2)12-20(13)26-22(28)17-5-3-4-6-18(17)23/h3-12H,1-2H3,(H,25,27)(H,26,28). The minimum Gasteiger partial charge on any atom is -0.322 e. The molecule has 0 saturated carbocycles. The molecule has 6 heteroatoms. The van der Waals surface area contributed by atoms with Crippen LogP contribution in [0.1, 0.15) is 31.8 Å². The van der Waals surface area contributed by atoms with Crippen molar-refractivity contribution in [2.75, 3.05) is 10.6 Å². The molecule has 2 amide bonds. The SMILES string of the molecule is Cc1cc(I)ccc1NC(=O)c1ccc(C)c(NC(=O)c2ccccc2F)c1. The van der Waals surface area contributed by atoms with Crippen molar-refractivity contribution in [1.82, 2.24) is 0 Å². The Kier molecular flexibility index (Phi) is 6.08. The fourth-order valence-corrected chi connectivity index (χ4v) is 3.34. The third-order valence-electron chi connectivity index (χ3n) is 4.30. The van der Waals surface area contributed by atoms with Gasteiger partial charge in [-0.05, 0) is 90.0 Å². The van der Waals surface area contributed by atoms with Gasteiger partial charge >= 0.3 is 0 Å². The lowest BCUT2D eigenvalue weighted by Gasteiger charge is -2.12. The maximum atomic E-state index is 13.8. The maximum Gasteiger partial charge on any atom is 0.258 e. The summed E-state index contributed by atoms with van der Waals surface area (Å²) < 4.78 is 14.9. The van der Waals surface area contributed by atoms with Gasteiger partial charge < -0.3 is 10.6 Å². The molecular formula is C22H18FIN2O2. The summed E-state index contributed by atoms with van der Waals surface area (Å²) in [5.74, 6) is -1.45. The van der Waals surface area contributed by atoms with Crippen LogP contribution in [0.25, 0.3) is 0 Å². The molecule has 2 N–H and O–H groups in total. The van der Waals surface area contributed by atoms with E-state index in [4.69, 9.17) is 0 Å². The van der Waals surface area contributed by atoms with Crippen molar-refractivity contribution in [3.05, 3.63) is 92.3 Å². The number of amides is 2. The molecule has 4 nitrogen and oxygen atoms in total. The summed E-state index contributed by atoms with van der Waals surface area (Å²) in [6.07, 6.45) is 0. The van der Waals surface area contributed by atoms with E-state index in [0.29, 0.717) is 11.3 Å². The number of anilines is 2. The Labute approximate surface area is 176 Å². The van der Waals surface area contributed by atoms with Crippen LogP contribution in [-0.4, -0.2) is 11.8 Å². The molecule has 0 unspecified atom stereocenters. The summed E-state index contributed by atoms with van der Waals surface area (Å²) >= 11 is 2.21. The van der Waals surface area contributed by atoms with E-state index in [2.05, 4.69) is 33.2 Å². The Hall–Kier alpha value is -2.74. The van der Waals surface area contributed by atoms with Gasteiger partial charge in [0.15, 0.2) is 0 Å². The quantitative estimate of drug-likeness (QED) is 0.473. The first-order chi connectivity index (χ1) is 13.3. The molecule has 0 atom stereocenters. The zero-order chi connectivity index (χ0) is 20.3. The van der Waals surface area contributed by atoms with Crippen LogP contribution < -0.4 is 10.6 Å². The first-order valence-corrected chi connectivity index (χ1v) is 9.67. The highest BCUT2D eigenvalue weighted by atomic mass is 127. The fourth-order valence-electron chi connectivity index (χ4n) is 2.69. The van der Waals surface area contributed by atoms with Crippen molar-refractivity contribution in [2.45, 2.75) is 13.8 Å². The fraction of sp³-hybridized carbons (Fsp3) is 0.0909.